The summed E-state index contributed by atoms with van der Waals surface area (Å²) in [7, 11) is 0. The highest BCUT2D eigenvalue weighted by atomic mass is 19.2. The van der Waals surface area contributed by atoms with Crippen LogP contribution in [0.4, 0.5) is 8.78 Å². The number of hydrogen-bond acceptors (Lipinski definition) is 0. The van der Waals surface area contributed by atoms with Gasteiger partial charge in [-0.05, 0) is 74.0 Å². The number of rotatable bonds is 6. The Labute approximate surface area is 142 Å². The second-order valence-corrected chi connectivity index (χ2v) is 8.90. The maximum absolute atomic E-state index is 14.6. The lowest BCUT2D eigenvalue weighted by Gasteiger charge is -2.40. The van der Waals surface area contributed by atoms with Crippen LogP contribution in [-0.2, 0) is 0 Å². The van der Waals surface area contributed by atoms with Crippen molar-refractivity contribution in [2.24, 2.45) is 35.5 Å². The first kappa shape index (κ1) is 19.2. The molecule has 0 bridgehead atoms. The lowest BCUT2D eigenvalue weighted by Crippen LogP contribution is -2.37. The summed E-state index contributed by atoms with van der Waals surface area (Å²) in [6.07, 6.45) is 8.58. The Balaban J connectivity index is 1.84. The molecular formula is C21H38F2. The van der Waals surface area contributed by atoms with Crippen molar-refractivity contribution in [1.29, 1.82) is 0 Å². The Bertz CT molecular complexity index is 325. The zero-order valence-electron chi connectivity index (χ0n) is 15.7. The van der Waals surface area contributed by atoms with Gasteiger partial charge in [-0.2, -0.15) is 0 Å². The van der Waals surface area contributed by atoms with Crippen LogP contribution in [0.25, 0.3) is 0 Å². The molecule has 2 fully saturated rings. The zero-order valence-corrected chi connectivity index (χ0v) is 15.7. The Morgan fingerprint density at radius 2 is 1.26 bits per heavy atom. The van der Waals surface area contributed by atoms with E-state index >= 15 is 0 Å². The van der Waals surface area contributed by atoms with Gasteiger partial charge in [0.25, 0.3) is 0 Å². The zero-order chi connectivity index (χ0) is 17.0. The van der Waals surface area contributed by atoms with Crippen LogP contribution < -0.4 is 0 Å². The molecule has 3 unspecified atom stereocenters. The van der Waals surface area contributed by atoms with Crippen LogP contribution in [-0.4, -0.2) is 12.3 Å². The second-order valence-electron chi connectivity index (χ2n) is 8.90. The molecule has 0 aromatic rings. The first-order chi connectivity index (χ1) is 10.9. The predicted molar refractivity (Wildman–Crippen MR) is 95.0 cm³/mol. The number of hydrogen-bond donors (Lipinski definition) is 0. The van der Waals surface area contributed by atoms with E-state index in [1.165, 1.54) is 38.5 Å². The average Bonchev–Trinajstić information content (AvgIpc) is 2.56. The van der Waals surface area contributed by atoms with Crippen molar-refractivity contribution in [1.82, 2.24) is 0 Å². The number of alkyl halides is 2. The van der Waals surface area contributed by atoms with E-state index in [1.807, 2.05) is 6.92 Å². The van der Waals surface area contributed by atoms with E-state index < -0.39 is 12.3 Å². The maximum Gasteiger partial charge on any atom is 0.134 e. The van der Waals surface area contributed by atoms with E-state index in [2.05, 4.69) is 6.92 Å². The molecule has 23 heavy (non-hydrogen) atoms. The van der Waals surface area contributed by atoms with Crippen molar-refractivity contribution in [3.05, 3.63) is 0 Å². The third-order valence-electron chi connectivity index (χ3n) is 6.97. The molecule has 3 atom stereocenters. The molecule has 0 aromatic carbocycles. The summed E-state index contributed by atoms with van der Waals surface area (Å²) in [5.74, 6) is 2.82. The molecule has 2 heteroatoms. The molecule has 0 heterocycles. The van der Waals surface area contributed by atoms with Crippen LogP contribution in [0.2, 0.25) is 0 Å². The van der Waals surface area contributed by atoms with Crippen molar-refractivity contribution in [2.45, 2.75) is 97.8 Å². The molecule has 0 spiro atoms. The summed E-state index contributed by atoms with van der Waals surface area (Å²) in [6.45, 7) is 8.01. The average molecular weight is 329 g/mol. The summed E-state index contributed by atoms with van der Waals surface area (Å²) in [5.41, 5.74) is 0. The number of halogens is 2. The van der Waals surface area contributed by atoms with Gasteiger partial charge in [-0.3, -0.25) is 0 Å². The molecule has 0 aromatic heterocycles. The minimum absolute atomic E-state index is 0.0697. The van der Waals surface area contributed by atoms with Crippen molar-refractivity contribution >= 4 is 0 Å². The minimum atomic E-state index is -1.29. The summed E-state index contributed by atoms with van der Waals surface area (Å²) in [4.78, 5) is 0. The van der Waals surface area contributed by atoms with E-state index in [0.717, 1.165) is 37.0 Å². The standard InChI is InChI=1S/C21H38F2/c1-5-19(21(23)20(22)14(2)3)18-12-10-17(11-13-18)16-8-6-15(4)7-9-16/h14-21H,5-13H2,1-4H3. The van der Waals surface area contributed by atoms with Crippen molar-refractivity contribution < 1.29 is 8.78 Å². The van der Waals surface area contributed by atoms with Crippen molar-refractivity contribution in [2.75, 3.05) is 0 Å². The van der Waals surface area contributed by atoms with Crippen LogP contribution in [0.1, 0.15) is 85.5 Å². The quantitative estimate of drug-likeness (QED) is 0.493. The van der Waals surface area contributed by atoms with E-state index in [0.29, 0.717) is 5.92 Å². The predicted octanol–water partition coefficient (Wildman–Crippen LogP) is 6.98. The van der Waals surface area contributed by atoms with E-state index in [4.69, 9.17) is 0 Å². The molecule has 2 aliphatic rings. The molecule has 2 saturated carbocycles. The largest absolute Gasteiger partial charge is 0.244 e. The summed E-state index contributed by atoms with van der Waals surface area (Å²) < 4.78 is 28.8. The molecule has 0 nitrogen and oxygen atoms in total. The highest BCUT2D eigenvalue weighted by Gasteiger charge is 2.38. The van der Waals surface area contributed by atoms with Gasteiger partial charge in [0.05, 0.1) is 0 Å². The van der Waals surface area contributed by atoms with Gasteiger partial charge >= 0.3 is 0 Å². The fourth-order valence-electron chi connectivity index (χ4n) is 5.22. The van der Waals surface area contributed by atoms with E-state index in [9.17, 15) is 8.78 Å². The third kappa shape index (κ3) is 4.92. The monoisotopic (exact) mass is 328 g/mol. The highest BCUT2D eigenvalue weighted by Crippen LogP contribution is 2.44. The first-order valence-electron chi connectivity index (χ1n) is 10.2. The van der Waals surface area contributed by atoms with Crippen LogP contribution >= 0.6 is 0 Å². The lowest BCUT2D eigenvalue weighted by molar-refractivity contribution is 0.0285. The molecule has 0 aliphatic heterocycles. The highest BCUT2D eigenvalue weighted by molar-refractivity contribution is 4.87. The summed E-state index contributed by atoms with van der Waals surface area (Å²) in [6, 6.07) is 0. The van der Waals surface area contributed by atoms with Crippen LogP contribution in [0.5, 0.6) is 0 Å². The Morgan fingerprint density at radius 1 is 0.783 bits per heavy atom. The van der Waals surface area contributed by atoms with Gasteiger partial charge in [0, 0.05) is 0 Å². The molecule has 0 saturated heterocycles. The molecule has 2 aliphatic carbocycles. The normalized spacial score (nSPS) is 36.7. The van der Waals surface area contributed by atoms with Crippen LogP contribution in [0.3, 0.4) is 0 Å². The molecule has 0 radical (unpaired) electrons. The fraction of sp³-hybridized carbons (Fsp3) is 1.00. The molecular weight excluding hydrogens is 290 g/mol. The minimum Gasteiger partial charge on any atom is -0.244 e. The van der Waals surface area contributed by atoms with Crippen LogP contribution in [0, 0.1) is 35.5 Å². The molecule has 2 rings (SSSR count). The van der Waals surface area contributed by atoms with Crippen LogP contribution in [0.15, 0.2) is 0 Å². The van der Waals surface area contributed by atoms with Gasteiger partial charge in [0.15, 0.2) is 0 Å². The van der Waals surface area contributed by atoms with Gasteiger partial charge in [0.1, 0.15) is 12.3 Å². The molecule has 136 valence electrons. The van der Waals surface area contributed by atoms with Gasteiger partial charge in [0.2, 0.25) is 0 Å². The topological polar surface area (TPSA) is 0 Å². The van der Waals surface area contributed by atoms with Crippen molar-refractivity contribution in [3.63, 3.8) is 0 Å². The third-order valence-corrected chi connectivity index (χ3v) is 6.97. The fourth-order valence-corrected chi connectivity index (χ4v) is 5.22. The molecule has 0 N–H and O–H groups in total. The summed E-state index contributed by atoms with van der Waals surface area (Å²) in [5, 5.41) is 0. The van der Waals surface area contributed by atoms with Gasteiger partial charge < -0.3 is 0 Å². The second kappa shape index (κ2) is 8.81. The van der Waals surface area contributed by atoms with Gasteiger partial charge in [-0.15, -0.1) is 0 Å². The Kier molecular flexibility index (Phi) is 7.35. The van der Waals surface area contributed by atoms with E-state index in [-0.39, 0.29) is 11.8 Å². The SMILES string of the molecule is CCC(C1CCC(C2CCC(C)CC2)CC1)C(F)C(F)C(C)C. The molecule has 0 amide bonds. The maximum atomic E-state index is 14.6. The summed E-state index contributed by atoms with van der Waals surface area (Å²) >= 11 is 0. The Morgan fingerprint density at radius 3 is 1.70 bits per heavy atom. The lowest BCUT2D eigenvalue weighted by atomic mass is 9.66. The van der Waals surface area contributed by atoms with E-state index in [1.54, 1.807) is 13.8 Å². The Hall–Kier alpha value is -0.140. The van der Waals surface area contributed by atoms with Gasteiger partial charge in [-0.25, -0.2) is 8.78 Å². The first-order valence-corrected chi connectivity index (χ1v) is 10.2. The van der Waals surface area contributed by atoms with Crippen molar-refractivity contribution in [3.8, 4) is 0 Å². The smallest absolute Gasteiger partial charge is 0.134 e. The van der Waals surface area contributed by atoms with Gasteiger partial charge in [-0.1, -0.05) is 47.0 Å².